The number of rotatable bonds is 5. The first-order valence-corrected chi connectivity index (χ1v) is 9.73. The number of nitrogens with zero attached hydrogens (tertiary/aromatic N) is 3. The number of nitrogens with one attached hydrogen (secondary N) is 1. The molecule has 1 aliphatic heterocycles. The lowest BCUT2D eigenvalue weighted by Gasteiger charge is -2.34. The van der Waals surface area contributed by atoms with Crippen molar-refractivity contribution in [3.05, 3.63) is 41.2 Å². The van der Waals surface area contributed by atoms with Crippen LogP contribution in [0.5, 0.6) is 5.75 Å². The molecule has 0 aliphatic carbocycles. The fourth-order valence-corrected chi connectivity index (χ4v) is 4.92. The number of benzene rings is 1. The van der Waals surface area contributed by atoms with Crippen LogP contribution in [0.1, 0.15) is 17.0 Å². The molecule has 1 fully saturated rings. The molecule has 0 atom stereocenters. The van der Waals surface area contributed by atoms with Crippen LogP contribution in [-0.4, -0.2) is 61.1 Å². The topological polar surface area (TPSA) is 78.5 Å². The molecule has 0 bridgehead atoms. The number of aromatic nitrogens is 2. The molecule has 0 amide bonds. The molecule has 0 radical (unpaired) electrons. The highest BCUT2D eigenvalue weighted by atomic mass is 32.2. The van der Waals surface area contributed by atoms with Gasteiger partial charge in [0.25, 0.3) is 0 Å². The fraction of sp³-hybridized carbons (Fsp3) is 0.471. The van der Waals surface area contributed by atoms with E-state index in [4.69, 9.17) is 4.74 Å². The average molecular weight is 364 g/mol. The number of sulfonamides is 1. The van der Waals surface area contributed by atoms with Crippen molar-refractivity contribution in [3.8, 4) is 5.75 Å². The van der Waals surface area contributed by atoms with E-state index in [2.05, 4.69) is 15.1 Å². The van der Waals surface area contributed by atoms with Crippen LogP contribution < -0.4 is 4.74 Å². The van der Waals surface area contributed by atoms with Gasteiger partial charge < -0.3 is 4.74 Å². The lowest BCUT2D eigenvalue weighted by Crippen LogP contribution is -2.48. The minimum absolute atomic E-state index is 0.316. The van der Waals surface area contributed by atoms with Crippen molar-refractivity contribution in [1.82, 2.24) is 19.4 Å². The third kappa shape index (κ3) is 3.70. The summed E-state index contributed by atoms with van der Waals surface area (Å²) < 4.78 is 32.4. The Labute approximate surface area is 148 Å². The standard InChI is InChI=1S/C17H24N4O3S/c1-13-17(14(2)19-18-13)25(22,23)21-10-8-20(9-11-21)12-15-4-6-16(24-3)7-5-15/h4-7H,8-12H2,1-3H3,(H,18,19). The summed E-state index contributed by atoms with van der Waals surface area (Å²) in [6.07, 6.45) is 0. The predicted octanol–water partition coefficient (Wildman–Crippen LogP) is 1.54. The second-order valence-corrected chi connectivity index (χ2v) is 8.17. The first-order chi connectivity index (χ1) is 11.9. The number of ether oxygens (including phenoxy) is 1. The van der Waals surface area contributed by atoms with E-state index >= 15 is 0 Å². The molecule has 0 saturated carbocycles. The molecule has 7 nitrogen and oxygen atoms in total. The van der Waals surface area contributed by atoms with Gasteiger partial charge in [0.2, 0.25) is 10.0 Å². The zero-order valence-corrected chi connectivity index (χ0v) is 15.6. The molecule has 25 heavy (non-hydrogen) atoms. The van der Waals surface area contributed by atoms with Crippen LogP contribution in [0, 0.1) is 13.8 Å². The molecule has 1 aromatic carbocycles. The maximum Gasteiger partial charge on any atom is 0.246 e. The zero-order chi connectivity index (χ0) is 18.0. The van der Waals surface area contributed by atoms with Gasteiger partial charge in [-0.15, -0.1) is 0 Å². The Morgan fingerprint density at radius 2 is 1.76 bits per heavy atom. The third-order valence-corrected chi connectivity index (χ3v) is 6.72. The van der Waals surface area contributed by atoms with Crippen molar-refractivity contribution >= 4 is 10.0 Å². The van der Waals surface area contributed by atoms with E-state index in [9.17, 15) is 8.42 Å². The molecule has 0 spiro atoms. The molecule has 136 valence electrons. The molecule has 1 aromatic heterocycles. The lowest BCUT2D eigenvalue weighted by molar-refractivity contribution is 0.181. The van der Waals surface area contributed by atoms with Gasteiger partial charge in [-0.2, -0.15) is 9.40 Å². The molecule has 0 unspecified atom stereocenters. The van der Waals surface area contributed by atoms with Crippen LogP contribution in [0.15, 0.2) is 29.2 Å². The van der Waals surface area contributed by atoms with E-state index in [1.807, 2.05) is 24.3 Å². The van der Waals surface area contributed by atoms with Crippen molar-refractivity contribution in [3.63, 3.8) is 0 Å². The maximum absolute atomic E-state index is 12.9. The van der Waals surface area contributed by atoms with E-state index in [0.717, 1.165) is 12.3 Å². The first-order valence-electron chi connectivity index (χ1n) is 8.29. The van der Waals surface area contributed by atoms with Gasteiger partial charge in [-0.05, 0) is 31.5 Å². The summed E-state index contributed by atoms with van der Waals surface area (Å²) in [5.74, 6) is 0.838. The van der Waals surface area contributed by atoms with Crippen molar-refractivity contribution in [2.24, 2.45) is 0 Å². The summed E-state index contributed by atoms with van der Waals surface area (Å²) in [4.78, 5) is 2.58. The number of aromatic amines is 1. The van der Waals surface area contributed by atoms with Crippen molar-refractivity contribution in [2.75, 3.05) is 33.3 Å². The van der Waals surface area contributed by atoms with Gasteiger partial charge in [-0.25, -0.2) is 8.42 Å². The van der Waals surface area contributed by atoms with E-state index in [1.54, 1.807) is 25.3 Å². The quantitative estimate of drug-likeness (QED) is 0.871. The number of methoxy groups -OCH3 is 1. The lowest BCUT2D eigenvalue weighted by atomic mass is 10.2. The Balaban J connectivity index is 1.63. The number of aryl methyl sites for hydroxylation is 2. The second kappa shape index (κ2) is 7.15. The molecular formula is C17H24N4O3S. The van der Waals surface area contributed by atoms with E-state index in [-0.39, 0.29) is 0 Å². The van der Waals surface area contributed by atoms with Gasteiger partial charge in [-0.3, -0.25) is 10.00 Å². The molecular weight excluding hydrogens is 340 g/mol. The first kappa shape index (κ1) is 17.9. The molecule has 1 saturated heterocycles. The molecule has 8 heteroatoms. The van der Waals surface area contributed by atoms with Crippen molar-refractivity contribution < 1.29 is 13.2 Å². The maximum atomic E-state index is 12.9. The molecule has 2 heterocycles. The second-order valence-electron chi connectivity index (χ2n) is 6.29. The minimum atomic E-state index is -3.49. The summed E-state index contributed by atoms with van der Waals surface area (Å²) >= 11 is 0. The largest absolute Gasteiger partial charge is 0.497 e. The Hall–Kier alpha value is -1.90. The average Bonchev–Trinajstić information content (AvgIpc) is 2.95. The molecule has 1 N–H and O–H groups in total. The van der Waals surface area contributed by atoms with Gasteiger partial charge in [0, 0.05) is 32.7 Å². The van der Waals surface area contributed by atoms with Gasteiger partial charge in [0.05, 0.1) is 18.5 Å². The number of piperazine rings is 1. The van der Waals surface area contributed by atoms with Gasteiger partial charge in [-0.1, -0.05) is 12.1 Å². The van der Waals surface area contributed by atoms with Crippen LogP contribution in [0.25, 0.3) is 0 Å². The van der Waals surface area contributed by atoms with Gasteiger partial charge in [0.1, 0.15) is 10.6 Å². The summed E-state index contributed by atoms with van der Waals surface area (Å²) in [6.45, 7) is 6.66. The Kier molecular flexibility index (Phi) is 5.12. The third-order valence-electron chi connectivity index (χ3n) is 4.55. The summed E-state index contributed by atoms with van der Waals surface area (Å²) in [5.41, 5.74) is 2.31. The highest BCUT2D eigenvalue weighted by molar-refractivity contribution is 7.89. The van der Waals surface area contributed by atoms with Gasteiger partial charge >= 0.3 is 0 Å². The summed E-state index contributed by atoms with van der Waals surface area (Å²) in [6, 6.07) is 7.97. The van der Waals surface area contributed by atoms with E-state index in [1.165, 1.54) is 5.56 Å². The summed E-state index contributed by atoms with van der Waals surface area (Å²) in [5, 5.41) is 6.77. The number of hydrogen-bond donors (Lipinski definition) is 1. The van der Waals surface area contributed by atoms with Crippen LogP contribution in [0.4, 0.5) is 0 Å². The minimum Gasteiger partial charge on any atom is -0.497 e. The SMILES string of the molecule is COc1ccc(CN2CCN(S(=O)(=O)c3c(C)n[nH]c3C)CC2)cc1. The smallest absolute Gasteiger partial charge is 0.246 e. The molecule has 3 rings (SSSR count). The van der Waals surface area contributed by atoms with Gasteiger partial charge in [0.15, 0.2) is 0 Å². The van der Waals surface area contributed by atoms with Crippen LogP contribution in [-0.2, 0) is 16.6 Å². The monoisotopic (exact) mass is 364 g/mol. The van der Waals surface area contributed by atoms with Crippen molar-refractivity contribution in [2.45, 2.75) is 25.3 Å². The Morgan fingerprint density at radius 3 is 2.28 bits per heavy atom. The summed E-state index contributed by atoms with van der Waals surface area (Å²) in [7, 11) is -1.84. The highest BCUT2D eigenvalue weighted by Crippen LogP contribution is 2.23. The molecule has 2 aromatic rings. The fourth-order valence-electron chi connectivity index (χ4n) is 3.17. The number of H-pyrrole nitrogens is 1. The Bertz CT molecular complexity index is 803. The van der Waals surface area contributed by atoms with Crippen LogP contribution in [0.3, 0.4) is 0 Å². The Morgan fingerprint density at radius 1 is 1.12 bits per heavy atom. The zero-order valence-electron chi connectivity index (χ0n) is 14.8. The highest BCUT2D eigenvalue weighted by Gasteiger charge is 2.32. The normalized spacial score (nSPS) is 16.9. The van der Waals surface area contributed by atoms with E-state index < -0.39 is 10.0 Å². The van der Waals surface area contributed by atoms with E-state index in [0.29, 0.717) is 42.5 Å². The van der Waals surface area contributed by atoms with Crippen molar-refractivity contribution in [1.29, 1.82) is 0 Å². The van der Waals surface area contributed by atoms with Crippen LogP contribution in [0.2, 0.25) is 0 Å². The predicted molar refractivity (Wildman–Crippen MR) is 95.1 cm³/mol. The van der Waals surface area contributed by atoms with Crippen LogP contribution >= 0.6 is 0 Å². The molecule has 1 aliphatic rings. The number of hydrogen-bond acceptors (Lipinski definition) is 5.